The van der Waals surface area contributed by atoms with Gasteiger partial charge in [-0.3, -0.25) is 0 Å². The molecule has 1 fully saturated rings. The summed E-state index contributed by atoms with van der Waals surface area (Å²) in [5, 5.41) is 0. The van der Waals surface area contributed by atoms with Gasteiger partial charge in [-0.05, 0) is 31.0 Å². The number of rotatable bonds is 5. The molecular formula is C14H17BrF3N3O. The quantitative estimate of drug-likeness (QED) is 0.485. The van der Waals surface area contributed by atoms with E-state index in [4.69, 9.17) is 10.5 Å². The molecule has 1 aliphatic rings. The molecule has 0 aromatic heterocycles. The fourth-order valence-electron chi connectivity index (χ4n) is 1.93. The third-order valence-electron chi connectivity index (χ3n) is 3.33. The van der Waals surface area contributed by atoms with Crippen LogP contribution in [-0.4, -0.2) is 37.1 Å². The summed E-state index contributed by atoms with van der Waals surface area (Å²) in [6, 6.07) is 4.22. The summed E-state index contributed by atoms with van der Waals surface area (Å²) in [5.41, 5.74) is 4.98. The van der Waals surface area contributed by atoms with Crippen molar-refractivity contribution >= 4 is 21.9 Å². The first-order chi connectivity index (χ1) is 10.3. The maximum Gasteiger partial charge on any atom is 0.420 e. The van der Waals surface area contributed by atoms with Gasteiger partial charge in [-0.2, -0.15) is 13.2 Å². The maximum absolute atomic E-state index is 12.9. The molecule has 0 atom stereocenters. The minimum absolute atomic E-state index is 0.0317. The first-order valence-corrected chi connectivity index (χ1v) is 7.60. The maximum atomic E-state index is 12.9. The number of hydrogen-bond acceptors (Lipinski definition) is 2. The highest BCUT2D eigenvalue weighted by atomic mass is 79.9. The molecule has 0 unspecified atom stereocenters. The van der Waals surface area contributed by atoms with Crippen molar-refractivity contribution in [3.8, 4) is 5.75 Å². The van der Waals surface area contributed by atoms with Crippen molar-refractivity contribution in [3.05, 3.63) is 28.2 Å². The minimum atomic E-state index is -4.46. The van der Waals surface area contributed by atoms with Crippen LogP contribution in [0.2, 0.25) is 0 Å². The van der Waals surface area contributed by atoms with Crippen LogP contribution >= 0.6 is 15.9 Å². The fraction of sp³-hybridized carbons (Fsp3) is 0.500. The van der Waals surface area contributed by atoms with Crippen molar-refractivity contribution in [2.24, 2.45) is 10.7 Å². The Balaban J connectivity index is 1.93. The van der Waals surface area contributed by atoms with Crippen molar-refractivity contribution in [2.45, 2.75) is 25.1 Å². The molecule has 4 nitrogen and oxygen atoms in total. The van der Waals surface area contributed by atoms with Crippen LogP contribution in [0.15, 0.2) is 27.7 Å². The SMILES string of the molecule is CN(C(N)=NCCOc1ccc(Br)cc1C(F)(F)F)C1CC1. The van der Waals surface area contributed by atoms with Crippen molar-refractivity contribution in [1.82, 2.24) is 4.90 Å². The summed E-state index contributed by atoms with van der Waals surface area (Å²) >= 11 is 3.03. The molecule has 1 saturated carbocycles. The van der Waals surface area contributed by atoms with E-state index in [1.54, 1.807) is 0 Å². The Kier molecular flexibility index (Phi) is 5.20. The monoisotopic (exact) mass is 379 g/mol. The van der Waals surface area contributed by atoms with Gasteiger partial charge in [0.25, 0.3) is 0 Å². The van der Waals surface area contributed by atoms with Crippen molar-refractivity contribution in [3.63, 3.8) is 0 Å². The lowest BCUT2D eigenvalue weighted by molar-refractivity contribution is -0.139. The third-order valence-corrected chi connectivity index (χ3v) is 3.82. The Morgan fingerprint density at radius 2 is 2.14 bits per heavy atom. The van der Waals surface area contributed by atoms with Crippen molar-refractivity contribution < 1.29 is 17.9 Å². The van der Waals surface area contributed by atoms with Crippen molar-refractivity contribution in [1.29, 1.82) is 0 Å². The highest BCUT2D eigenvalue weighted by Gasteiger charge is 2.34. The van der Waals surface area contributed by atoms with E-state index < -0.39 is 11.7 Å². The smallest absolute Gasteiger partial charge is 0.420 e. The Morgan fingerprint density at radius 1 is 1.45 bits per heavy atom. The number of benzene rings is 1. The molecule has 0 radical (unpaired) electrons. The van der Waals surface area contributed by atoms with Crippen LogP contribution in [0.4, 0.5) is 13.2 Å². The molecule has 0 saturated heterocycles. The standard InChI is InChI=1S/C14H17BrF3N3O/c1-21(10-3-4-10)13(19)20-6-7-22-12-5-2-9(15)8-11(12)14(16,17)18/h2,5,8,10H,3-4,6-7H2,1H3,(H2,19,20). The summed E-state index contributed by atoms with van der Waals surface area (Å²) < 4.78 is 44.3. The van der Waals surface area contributed by atoms with Gasteiger partial charge in [-0.1, -0.05) is 15.9 Å². The van der Waals surface area contributed by atoms with E-state index in [0.29, 0.717) is 16.5 Å². The Labute approximate surface area is 135 Å². The molecule has 0 amide bonds. The van der Waals surface area contributed by atoms with Crippen LogP contribution in [0.3, 0.4) is 0 Å². The van der Waals surface area contributed by atoms with E-state index in [1.807, 2.05) is 11.9 Å². The van der Waals surface area contributed by atoms with Gasteiger partial charge in [-0.15, -0.1) is 0 Å². The lowest BCUT2D eigenvalue weighted by atomic mass is 10.2. The van der Waals surface area contributed by atoms with Gasteiger partial charge < -0.3 is 15.4 Å². The van der Waals surface area contributed by atoms with Crippen LogP contribution in [0.1, 0.15) is 18.4 Å². The second-order valence-corrected chi connectivity index (χ2v) is 5.98. The van der Waals surface area contributed by atoms with Crippen LogP contribution in [0.25, 0.3) is 0 Å². The minimum Gasteiger partial charge on any atom is -0.491 e. The van der Waals surface area contributed by atoms with Crippen LogP contribution in [-0.2, 0) is 6.18 Å². The van der Waals surface area contributed by atoms with Gasteiger partial charge >= 0.3 is 6.18 Å². The molecule has 0 heterocycles. The Morgan fingerprint density at radius 3 is 2.73 bits per heavy atom. The fourth-order valence-corrected chi connectivity index (χ4v) is 2.29. The summed E-state index contributed by atoms with van der Waals surface area (Å²) in [4.78, 5) is 5.99. The third kappa shape index (κ3) is 4.53. The summed E-state index contributed by atoms with van der Waals surface area (Å²) in [5.74, 6) is 0.179. The van der Waals surface area contributed by atoms with Gasteiger partial charge in [0.15, 0.2) is 5.96 Å². The van der Waals surface area contributed by atoms with Crippen molar-refractivity contribution in [2.75, 3.05) is 20.2 Å². The second-order valence-electron chi connectivity index (χ2n) is 5.07. The first kappa shape index (κ1) is 16.9. The number of guanidine groups is 1. The van der Waals surface area contributed by atoms with Crippen LogP contribution in [0.5, 0.6) is 5.75 Å². The molecule has 0 aliphatic heterocycles. The van der Waals surface area contributed by atoms with Gasteiger partial charge in [0.05, 0.1) is 12.1 Å². The molecule has 1 aliphatic carbocycles. The number of aliphatic imine (C=N–C) groups is 1. The molecule has 2 rings (SSSR count). The average molecular weight is 380 g/mol. The van der Waals surface area contributed by atoms with E-state index in [2.05, 4.69) is 20.9 Å². The molecule has 122 valence electrons. The second kappa shape index (κ2) is 6.76. The topological polar surface area (TPSA) is 50.8 Å². The zero-order valence-corrected chi connectivity index (χ0v) is 13.6. The normalized spacial score (nSPS) is 15.8. The number of ether oxygens (including phenoxy) is 1. The molecular weight excluding hydrogens is 363 g/mol. The average Bonchev–Trinajstić information content (AvgIpc) is 3.27. The molecule has 8 heteroatoms. The zero-order valence-electron chi connectivity index (χ0n) is 12.0. The Hall–Kier alpha value is -1.44. The summed E-state index contributed by atoms with van der Waals surface area (Å²) in [6.45, 7) is 0.236. The molecule has 1 aromatic rings. The zero-order chi connectivity index (χ0) is 16.3. The summed E-state index contributed by atoms with van der Waals surface area (Å²) in [6.07, 6.45) is -2.28. The molecule has 0 bridgehead atoms. The Bertz CT molecular complexity index is 559. The number of nitrogens with two attached hydrogens (primary N) is 1. The van der Waals surface area contributed by atoms with E-state index in [9.17, 15) is 13.2 Å². The highest BCUT2D eigenvalue weighted by molar-refractivity contribution is 9.10. The predicted octanol–water partition coefficient (Wildman–Crippen LogP) is 3.26. The molecule has 22 heavy (non-hydrogen) atoms. The first-order valence-electron chi connectivity index (χ1n) is 6.81. The summed E-state index contributed by atoms with van der Waals surface area (Å²) in [7, 11) is 1.85. The van der Waals surface area contributed by atoms with Gasteiger partial charge in [-0.25, -0.2) is 4.99 Å². The molecule has 1 aromatic carbocycles. The van der Waals surface area contributed by atoms with E-state index in [1.165, 1.54) is 12.1 Å². The number of halogens is 4. The van der Waals surface area contributed by atoms with E-state index >= 15 is 0 Å². The van der Waals surface area contributed by atoms with E-state index in [-0.39, 0.29) is 18.9 Å². The lowest BCUT2D eigenvalue weighted by Gasteiger charge is -2.17. The van der Waals surface area contributed by atoms with Crippen LogP contribution < -0.4 is 10.5 Å². The van der Waals surface area contributed by atoms with Gasteiger partial charge in [0.2, 0.25) is 0 Å². The molecule has 2 N–H and O–H groups in total. The largest absolute Gasteiger partial charge is 0.491 e. The number of hydrogen-bond donors (Lipinski definition) is 1. The highest BCUT2D eigenvalue weighted by Crippen LogP contribution is 2.37. The molecule has 0 spiro atoms. The lowest BCUT2D eigenvalue weighted by Crippen LogP contribution is -2.36. The number of alkyl halides is 3. The number of nitrogens with zero attached hydrogens (tertiary/aromatic N) is 2. The van der Waals surface area contributed by atoms with Crippen LogP contribution in [0, 0.1) is 0 Å². The van der Waals surface area contributed by atoms with Gasteiger partial charge in [0, 0.05) is 17.6 Å². The predicted molar refractivity (Wildman–Crippen MR) is 81.9 cm³/mol. The van der Waals surface area contributed by atoms with Gasteiger partial charge in [0.1, 0.15) is 12.4 Å². The van der Waals surface area contributed by atoms with E-state index in [0.717, 1.165) is 18.9 Å².